The van der Waals surface area contributed by atoms with Gasteiger partial charge >= 0.3 is 11.8 Å². The number of carbonyl (C=O) groups excluding carboxylic acids is 1. The molecule has 0 unspecified atom stereocenters. The number of benzene rings is 3. The molecule has 0 aliphatic carbocycles. The highest BCUT2D eigenvalue weighted by molar-refractivity contribution is 5.91. The van der Waals surface area contributed by atoms with E-state index in [-0.39, 0.29) is 18.0 Å². The van der Waals surface area contributed by atoms with Gasteiger partial charge in [-0.2, -0.15) is 0 Å². The minimum Gasteiger partial charge on any atom is -0.490 e. The third-order valence-electron chi connectivity index (χ3n) is 6.45. The quantitative estimate of drug-likeness (QED) is 0.312. The lowest BCUT2D eigenvalue weighted by Gasteiger charge is -2.31. The fraction of sp³-hybridized carbons (Fsp3) is 0.200. The van der Waals surface area contributed by atoms with Gasteiger partial charge in [0.25, 0.3) is 0 Å². The number of ether oxygens (including phenoxy) is 3. The van der Waals surface area contributed by atoms with Crippen LogP contribution in [0.1, 0.15) is 20.8 Å². The fourth-order valence-corrected chi connectivity index (χ4v) is 4.70. The molecule has 3 aromatic carbocycles. The number of carbonyl (C=O) groups is 1. The van der Waals surface area contributed by atoms with Crippen LogP contribution in [0.5, 0.6) is 17.2 Å². The monoisotopic (exact) mass is 570 g/mol. The Balaban J connectivity index is 1.43. The number of rotatable bonds is 4. The average Bonchev–Trinajstić information content (AvgIpc) is 3.25. The van der Waals surface area contributed by atoms with Gasteiger partial charge in [-0.3, -0.25) is 9.47 Å². The molecule has 0 spiro atoms. The third kappa shape index (κ3) is 4.98. The van der Waals surface area contributed by atoms with Crippen molar-refractivity contribution in [2.24, 2.45) is 0 Å². The summed E-state index contributed by atoms with van der Waals surface area (Å²) in [5.41, 5.74) is 7.06. The van der Waals surface area contributed by atoms with Crippen molar-refractivity contribution in [1.29, 1.82) is 0 Å². The summed E-state index contributed by atoms with van der Waals surface area (Å²) in [6, 6.07) is 17.5. The molecule has 1 amide bonds. The molecular formula is C30H27FN6O5. The molecule has 1 aliphatic rings. The lowest BCUT2D eigenvalue weighted by Crippen LogP contribution is -2.41. The highest BCUT2D eigenvalue weighted by Crippen LogP contribution is 2.35. The molecule has 0 saturated heterocycles. The molecule has 0 atom stereocenters. The number of hydrogen-bond acceptors (Lipinski definition) is 8. The minimum absolute atomic E-state index is 0.104. The Labute approximate surface area is 239 Å². The van der Waals surface area contributed by atoms with Crippen molar-refractivity contribution in [1.82, 2.24) is 19.1 Å². The Morgan fingerprint density at radius 2 is 1.74 bits per heavy atom. The van der Waals surface area contributed by atoms with Gasteiger partial charge in [-0.05, 0) is 75.4 Å². The fourth-order valence-electron chi connectivity index (χ4n) is 4.70. The zero-order valence-corrected chi connectivity index (χ0v) is 23.1. The molecule has 0 radical (unpaired) electrons. The number of imidazole rings is 1. The second kappa shape index (κ2) is 10.2. The lowest BCUT2D eigenvalue weighted by atomic mass is 10.2. The maximum Gasteiger partial charge on any atom is 0.415 e. The number of nitrogens with two attached hydrogens (primary N) is 1. The van der Waals surface area contributed by atoms with Crippen LogP contribution in [0.15, 0.2) is 77.9 Å². The average molecular weight is 571 g/mol. The lowest BCUT2D eigenvalue weighted by molar-refractivity contribution is 0.0568. The summed E-state index contributed by atoms with van der Waals surface area (Å²) < 4.78 is 33.5. The number of amides is 1. The number of fused-ring (bicyclic) bond motifs is 2. The van der Waals surface area contributed by atoms with E-state index in [4.69, 9.17) is 19.9 Å². The first-order valence-electron chi connectivity index (χ1n) is 13.1. The Morgan fingerprint density at radius 3 is 2.48 bits per heavy atom. The first-order chi connectivity index (χ1) is 20.1. The summed E-state index contributed by atoms with van der Waals surface area (Å²) >= 11 is 0. The number of nitrogens with zero attached hydrogens (tertiary/aromatic N) is 5. The molecule has 11 nitrogen and oxygen atoms in total. The predicted octanol–water partition coefficient (Wildman–Crippen LogP) is 5.22. The Hall–Kier alpha value is -5.39. The highest BCUT2D eigenvalue weighted by Gasteiger charge is 2.29. The largest absolute Gasteiger partial charge is 0.490 e. The van der Waals surface area contributed by atoms with Crippen LogP contribution in [-0.4, -0.2) is 43.9 Å². The summed E-state index contributed by atoms with van der Waals surface area (Å²) in [5.74, 6) is 0.957. The molecule has 5 aromatic rings. The van der Waals surface area contributed by atoms with Crippen LogP contribution in [0.3, 0.4) is 0 Å². The van der Waals surface area contributed by atoms with Gasteiger partial charge in [-0.1, -0.05) is 6.07 Å². The first kappa shape index (κ1) is 26.8. The topological polar surface area (TPSA) is 127 Å². The molecule has 6 rings (SSSR count). The molecule has 42 heavy (non-hydrogen) atoms. The van der Waals surface area contributed by atoms with E-state index in [1.54, 1.807) is 75.4 Å². The highest BCUT2D eigenvalue weighted by atomic mass is 19.1. The van der Waals surface area contributed by atoms with Crippen molar-refractivity contribution in [3.05, 3.63) is 89.4 Å². The van der Waals surface area contributed by atoms with Crippen LogP contribution < -0.4 is 25.8 Å². The number of anilines is 2. The minimum atomic E-state index is -0.691. The molecule has 3 heterocycles. The molecule has 2 N–H and O–H groups in total. The van der Waals surface area contributed by atoms with Crippen LogP contribution in [0, 0.1) is 5.82 Å². The molecule has 214 valence electrons. The number of halogens is 1. The van der Waals surface area contributed by atoms with E-state index in [0.717, 1.165) is 0 Å². The smallest absolute Gasteiger partial charge is 0.415 e. The second-order valence-electron chi connectivity index (χ2n) is 10.6. The van der Waals surface area contributed by atoms with E-state index in [0.29, 0.717) is 46.4 Å². The van der Waals surface area contributed by atoms with Crippen molar-refractivity contribution in [3.8, 4) is 28.6 Å². The standard InChI is InChI=1S/C30H27FN6O5/c1-30(2,3)42-29(39)35-13-14-40-24-12-9-20(16-23(24)35)37-27-25(26(32)33-17-34-27)36(28(37)38)19-7-10-21(11-8-19)41-22-6-4-5-18(31)15-22/h4-12,15-17H,13-14H2,1-3H3,(H2,32,33,34). The van der Waals surface area contributed by atoms with Gasteiger partial charge in [0.15, 0.2) is 11.5 Å². The summed E-state index contributed by atoms with van der Waals surface area (Å²) in [6.45, 7) is 5.96. The second-order valence-corrected chi connectivity index (χ2v) is 10.6. The van der Waals surface area contributed by atoms with E-state index >= 15 is 0 Å². The van der Waals surface area contributed by atoms with Gasteiger partial charge in [0.05, 0.1) is 23.6 Å². The molecule has 0 saturated carbocycles. The number of hydrogen-bond donors (Lipinski definition) is 1. The van der Waals surface area contributed by atoms with Gasteiger partial charge in [0.2, 0.25) is 0 Å². The van der Waals surface area contributed by atoms with Crippen molar-refractivity contribution >= 4 is 28.8 Å². The number of nitrogen functional groups attached to an aromatic ring is 1. The Kier molecular flexibility index (Phi) is 6.52. The van der Waals surface area contributed by atoms with Crippen molar-refractivity contribution in [3.63, 3.8) is 0 Å². The summed E-state index contributed by atoms with van der Waals surface area (Å²) in [7, 11) is 0. The van der Waals surface area contributed by atoms with E-state index in [2.05, 4.69) is 9.97 Å². The summed E-state index contributed by atoms with van der Waals surface area (Å²) in [5, 5.41) is 0. The van der Waals surface area contributed by atoms with Gasteiger partial charge in [-0.25, -0.2) is 28.5 Å². The van der Waals surface area contributed by atoms with Crippen LogP contribution in [0.25, 0.3) is 22.5 Å². The van der Waals surface area contributed by atoms with E-state index in [1.165, 1.54) is 32.5 Å². The predicted molar refractivity (Wildman–Crippen MR) is 154 cm³/mol. The molecule has 0 bridgehead atoms. The zero-order valence-electron chi connectivity index (χ0n) is 23.1. The van der Waals surface area contributed by atoms with Gasteiger partial charge < -0.3 is 19.9 Å². The SMILES string of the molecule is CC(C)(C)OC(=O)N1CCOc2ccc(-n3c(=O)n(-c4ccc(Oc5cccc(F)c5)cc4)c4c(N)ncnc43)cc21. The Morgan fingerprint density at radius 1 is 0.976 bits per heavy atom. The van der Waals surface area contributed by atoms with Crippen LogP contribution in [0.2, 0.25) is 0 Å². The van der Waals surface area contributed by atoms with Crippen molar-refractivity contribution in [2.75, 3.05) is 23.8 Å². The van der Waals surface area contributed by atoms with Crippen LogP contribution in [0.4, 0.5) is 20.7 Å². The molecule has 0 fully saturated rings. The summed E-state index contributed by atoms with van der Waals surface area (Å²) in [4.78, 5) is 37.0. The van der Waals surface area contributed by atoms with Crippen molar-refractivity contribution in [2.45, 2.75) is 26.4 Å². The molecule has 12 heteroatoms. The Bertz CT molecular complexity index is 1880. The van der Waals surface area contributed by atoms with E-state index < -0.39 is 23.2 Å². The van der Waals surface area contributed by atoms with Gasteiger partial charge in [0.1, 0.15) is 47.1 Å². The molecular weight excluding hydrogens is 543 g/mol. The van der Waals surface area contributed by atoms with Gasteiger partial charge in [-0.15, -0.1) is 0 Å². The normalized spacial score (nSPS) is 13.0. The first-order valence-corrected chi connectivity index (χ1v) is 13.1. The van der Waals surface area contributed by atoms with Gasteiger partial charge in [0, 0.05) is 6.07 Å². The maximum atomic E-state index is 14.0. The maximum absolute atomic E-state index is 14.0. The van der Waals surface area contributed by atoms with E-state index in [1.807, 2.05) is 0 Å². The van der Waals surface area contributed by atoms with E-state index in [9.17, 15) is 14.0 Å². The van der Waals surface area contributed by atoms with Crippen molar-refractivity contribution < 1.29 is 23.4 Å². The van der Waals surface area contributed by atoms with Crippen LogP contribution >= 0.6 is 0 Å². The summed E-state index contributed by atoms with van der Waals surface area (Å²) in [6.07, 6.45) is 0.758. The number of aromatic nitrogens is 4. The third-order valence-corrected chi connectivity index (χ3v) is 6.45. The molecule has 2 aromatic heterocycles. The molecule has 1 aliphatic heterocycles. The zero-order chi connectivity index (χ0) is 29.6. The van der Waals surface area contributed by atoms with Crippen LogP contribution in [-0.2, 0) is 4.74 Å².